The number of hydrogen-bond donors (Lipinski definition) is 3. The summed E-state index contributed by atoms with van der Waals surface area (Å²) in [6, 6.07) is 8.45. The van der Waals surface area contributed by atoms with Crippen LogP contribution in [0.2, 0.25) is 0 Å². The maximum absolute atomic E-state index is 10.8. The van der Waals surface area contributed by atoms with Gasteiger partial charge in [0.25, 0.3) is 5.69 Å². The third-order valence-electron chi connectivity index (χ3n) is 2.79. The second-order valence-electron chi connectivity index (χ2n) is 4.20. The Bertz CT molecular complexity index is 589. The molecular weight excluding hydrogens is 258 g/mol. The van der Waals surface area contributed by atoms with Crippen LogP contribution in [0.1, 0.15) is 5.56 Å². The lowest BCUT2D eigenvalue weighted by Crippen LogP contribution is -2.09. The van der Waals surface area contributed by atoms with Gasteiger partial charge in [-0.05, 0) is 30.2 Å². The van der Waals surface area contributed by atoms with Crippen LogP contribution >= 0.6 is 0 Å². The van der Waals surface area contributed by atoms with Gasteiger partial charge in [-0.15, -0.1) is 0 Å². The number of nitro benzene ring substituents is 1. The van der Waals surface area contributed by atoms with Crippen molar-refractivity contribution in [3.63, 3.8) is 0 Å². The fourth-order valence-electron chi connectivity index (χ4n) is 1.80. The van der Waals surface area contributed by atoms with Crippen LogP contribution in [0.25, 0.3) is 0 Å². The Morgan fingerprint density at radius 3 is 2.55 bits per heavy atom. The van der Waals surface area contributed by atoms with Crippen LogP contribution in [0.15, 0.2) is 42.7 Å². The lowest BCUT2D eigenvalue weighted by molar-refractivity contribution is -0.384. The van der Waals surface area contributed by atoms with Crippen LogP contribution in [-0.2, 0) is 6.42 Å². The Labute approximate surface area is 116 Å². The fourth-order valence-corrected chi connectivity index (χ4v) is 1.80. The van der Waals surface area contributed by atoms with Crippen LogP contribution < -0.4 is 16.6 Å². The summed E-state index contributed by atoms with van der Waals surface area (Å²) in [5.74, 6) is 5.30. The molecule has 20 heavy (non-hydrogen) atoms. The highest BCUT2D eigenvalue weighted by Crippen LogP contribution is 2.23. The van der Waals surface area contributed by atoms with Gasteiger partial charge >= 0.3 is 0 Å². The zero-order valence-corrected chi connectivity index (χ0v) is 10.7. The van der Waals surface area contributed by atoms with E-state index in [0.29, 0.717) is 17.9 Å². The molecular formula is C13H15N5O2. The van der Waals surface area contributed by atoms with Crippen LogP contribution in [0.4, 0.5) is 17.1 Å². The van der Waals surface area contributed by atoms with Crippen molar-refractivity contribution in [3.8, 4) is 0 Å². The number of non-ortho nitro benzene ring substituents is 1. The van der Waals surface area contributed by atoms with E-state index in [9.17, 15) is 10.1 Å². The molecule has 7 heteroatoms. The summed E-state index contributed by atoms with van der Waals surface area (Å²) in [7, 11) is 0. The van der Waals surface area contributed by atoms with Gasteiger partial charge in [-0.1, -0.05) is 0 Å². The van der Waals surface area contributed by atoms with E-state index in [4.69, 9.17) is 5.84 Å². The van der Waals surface area contributed by atoms with Crippen LogP contribution in [0.5, 0.6) is 0 Å². The highest BCUT2D eigenvalue weighted by molar-refractivity contribution is 5.63. The van der Waals surface area contributed by atoms with Gasteiger partial charge in [-0.3, -0.25) is 20.9 Å². The van der Waals surface area contributed by atoms with Gasteiger partial charge in [0.05, 0.1) is 10.6 Å². The number of hydrogen-bond acceptors (Lipinski definition) is 6. The number of hydrazine groups is 1. The fraction of sp³-hybridized carbons (Fsp3) is 0.154. The summed E-state index contributed by atoms with van der Waals surface area (Å²) in [5.41, 5.74) is 4.70. The second-order valence-corrected chi connectivity index (χ2v) is 4.20. The number of nitrogens with one attached hydrogen (secondary N) is 2. The first kappa shape index (κ1) is 13.8. The Hall–Kier alpha value is -2.67. The lowest BCUT2D eigenvalue weighted by Gasteiger charge is -2.08. The molecule has 0 spiro atoms. The Morgan fingerprint density at radius 2 is 1.90 bits per heavy atom. The molecule has 0 unspecified atom stereocenters. The molecule has 0 radical (unpaired) electrons. The molecule has 104 valence electrons. The van der Waals surface area contributed by atoms with E-state index in [-0.39, 0.29) is 5.69 Å². The van der Waals surface area contributed by atoms with Crippen LogP contribution in [0, 0.1) is 10.1 Å². The molecule has 2 rings (SSSR count). The summed E-state index contributed by atoms with van der Waals surface area (Å²) in [6.45, 7) is 0.662. The molecule has 1 aromatic heterocycles. The molecule has 0 bridgehead atoms. The average molecular weight is 273 g/mol. The summed E-state index contributed by atoms with van der Waals surface area (Å²) in [4.78, 5) is 14.3. The Kier molecular flexibility index (Phi) is 4.46. The number of pyridine rings is 1. The van der Waals surface area contributed by atoms with Crippen molar-refractivity contribution >= 4 is 17.1 Å². The first-order valence-electron chi connectivity index (χ1n) is 6.08. The van der Waals surface area contributed by atoms with Gasteiger partial charge < -0.3 is 10.7 Å². The molecule has 2 aromatic rings. The van der Waals surface area contributed by atoms with Gasteiger partial charge in [0.15, 0.2) is 0 Å². The van der Waals surface area contributed by atoms with Gasteiger partial charge in [-0.2, -0.15) is 0 Å². The van der Waals surface area contributed by atoms with Gasteiger partial charge in [0, 0.05) is 36.8 Å². The number of nitro groups is 1. The Morgan fingerprint density at radius 1 is 1.20 bits per heavy atom. The van der Waals surface area contributed by atoms with Crippen LogP contribution in [-0.4, -0.2) is 16.5 Å². The smallest absolute Gasteiger partial charge is 0.273 e. The predicted molar refractivity (Wildman–Crippen MR) is 77.3 cm³/mol. The predicted octanol–water partition coefficient (Wildman–Crippen LogP) is 1.93. The van der Waals surface area contributed by atoms with E-state index in [1.807, 2.05) is 12.1 Å². The average Bonchev–Trinajstić information content (AvgIpc) is 2.48. The number of nitrogen functional groups attached to an aromatic ring is 1. The minimum Gasteiger partial charge on any atom is -0.384 e. The van der Waals surface area contributed by atoms with Crippen molar-refractivity contribution in [2.24, 2.45) is 5.84 Å². The Balaban J connectivity index is 2.02. The number of benzene rings is 1. The molecule has 1 aromatic carbocycles. The van der Waals surface area contributed by atoms with Crippen molar-refractivity contribution in [2.75, 3.05) is 17.3 Å². The number of anilines is 2. The third-order valence-corrected chi connectivity index (χ3v) is 2.79. The maximum Gasteiger partial charge on any atom is 0.273 e. The van der Waals surface area contributed by atoms with Gasteiger partial charge in [-0.25, -0.2) is 0 Å². The van der Waals surface area contributed by atoms with E-state index >= 15 is 0 Å². The summed E-state index contributed by atoms with van der Waals surface area (Å²) < 4.78 is 0. The minimum atomic E-state index is -0.450. The monoisotopic (exact) mass is 273 g/mol. The molecule has 0 aliphatic rings. The molecule has 0 fully saturated rings. The number of rotatable bonds is 6. The highest BCUT2D eigenvalue weighted by Gasteiger charge is 2.09. The first-order chi connectivity index (χ1) is 9.69. The molecule has 0 aliphatic carbocycles. The van der Waals surface area contributed by atoms with E-state index < -0.39 is 4.92 Å². The number of nitrogens with two attached hydrogens (primary N) is 1. The van der Waals surface area contributed by atoms with Crippen LogP contribution in [0.3, 0.4) is 0 Å². The molecule has 0 saturated heterocycles. The van der Waals surface area contributed by atoms with Crippen molar-refractivity contribution in [3.05, 3.63) is 58.4 Å². The van der Waals surface area contributed by atoms with E-state index in [2.05, 4.69) is 15.7 Å². The van der Waals surface area contributed by atoms with E-state index in [0.717, 1.165) is 12.0 Å². The zero-order chi connectivity index (χ0) is 14.4. The summed E-state index contributed by atoms with van der Waals surface area (Å²) in [5, 5.41) is 14.0. The van der Waals surface area contributed by atoms with Crippen molar-refractivity contribution in [1.82, 2.24) is 4.98 Å². The zero-order valence-electron chi connectivity index (χ0n) is 10.7. The van der Waals surface area contributed by atoms with Crippen molar-refractivity contribution in [1.29, 1.82) is 0 Å². The topological polar surface area (TPSA) is 106 Å². The molecule has 7 nitrogen and oxygen atoms in total. The molecule has 1 heterocycles. The third kappa shape index (κ3) is 3.66. The SMILES string of the molecule is NNc1cc(NCCc2ccncc2)cc([N+](=O)[O-])c1. The van der Waals surface area contributed by atoms with E-state index in [1.165, 1.54) is 12.1 Å². The first-order valence-corrected chi connectivity index (χ1v) is 6.08. The number of nitrogens with zero attached hydrogens (tertiary/aromatic N) is 2. The minimum absolute atomic E-state index is 0.00754. The van der Waals surface area contributed by atoms with Crippen molar-refractivity contribution in [2.45, 2.75) is 6.42 Å². The summed E-state index contributed by atoms with van der Waals surface area (Å²) in [6.07, 6.45) is 4.27. The molecule has 0 atom stereocenters. The molecule has 0 saturated carbocycles. The maximum atomic E-state index is 10.8. The second kappa shape index (κ2) is 6.48. The van der Waals surface area contributed by atoms with Crippen molar-refractivity contribution < 1.29 is 4.92 Å². The lowest BCUT2D eigenvalue weighted by atomic mass is 10.2. The molecule has 0 amide bonds. The quantitative estimate of drug-likeness (QED) is 0.422. The highest BCUT2D eigenvalue weighted by atomic mass is 16.6. The largest absolute Gasteiger partial charge is 0.384 e. The number of aromatic nitrogens is 1. The van der Waals surface area contributed by atoms with Gasteiger partial charge in [0.1, 0.15) is 0 Å². The molecule has 4 N–H and O–H groups in total. The normalized spacial score (nSPS) is 10.1. The summed E-state index contributed by atoms with van der Waals surface area (Å²) >= 11 is 0. The van der Waals surface area contributed by atoms with Gasteiger partial charge in [0.2, 0.25) is 0 Å². The van der Waals surface area contributed by atoms with E-state index in [1.54, 1.807) is 18.5 Å². The molecule has 0 aliphatic heterocycles. The standard InChI is InChI=1S/C13H15N5O2/c14-17-12-7-11(8-13(9-12)18(19)20)16-6-3-10-1-4-15-5-2-10/h1-2,4-5,7-9,16-17H,3,6,14H2.